The van der Waals surface area contributed by atoms with Gasteiger partial charge in [-0.15, -0.1) is 11.8 Å². The molecule has 122 valence electrons. The number of benzene rings is 2. The number of nitrogens with one attached hydrogen (secondary N) is 1. The zero-order valence-electron chi connectivity index (χ0n) is 11.9. The lowest BCUT2D eigenvalue weighted by atomic mass is 10.1. The van der Waals surface area contributed by atoms with Gasteiger partial charge in [0.1, 0.15) is 5.82 Å². The van der Waals surface area contributed by atoms with Crippen LogP contribution in [0.5, 0.6) is 0 Å². The summed E-state index contributed by atoms with van der Waals surface area (Å²) in [4.78, 5) is 12.3. The van der Waals surface area contributed by atoms with Crippen LogP contribution in [-0.4, -0.2) is 17.8 Å². The Labute approximate surface area is 134 Å². The second kappa shape index (κ2) is 7.50. The van der Waals surface area contributed by atoms with E-state index < -0.39 is 23.7 Å². The summed E-state index contributed by atoms with van der Waals surface area (Å²) >= 11 is 0.592. The van der Waals surface area contributed by atoms with Crippen LogP contribution in [0.1, 0.15) is 5.56 Å². The Morgan fingerprint density at radius 3 is 2.39 bits per heavy atom. The van der Waals surface area contributed by atoms with Crippen molar-refractivity contribution < 1.29 is 22.4 Å². The molecule has 2 aromatic carbocycles. The predicted octanol–water partition coefficient (Wildman–Crippen LogP) is 4.66. The molecule has 0 bridgehead atoms. The number of hydrogen-bond donors (Lipinski definition) is 1. The van der Waals surface area contributed by atoms with Gasteiger partial charge in [0.25, 0.3) is 0 Å². The van der Waals surface area contributed by atoms with Crippen LogP contribution >= 0.6 is 11.8 Å². The molecule has 2 aromatic rings. The third-order valence-electron chi connectivity index (χ3n) is 2.86. The molecule has 0 fully saturated rings. The number of alkyl halides is 3. The van der Waals surface area contributed by atoms with E-state index >= 15 is 0 Å². The fourth-order valence-electron chi connectivity index (χ4n) is 1.86. The van der Waals surface area contributed by atoms with Gasteiger partial charge in [0.15, 0.2) is 0 Å². The quantitative estimate of drug-likeness (QED) is 0.632. The van der Waals surface area contributed by atoms with E-state index in [1.807, 2.05) is 0 Å². The van der Waals surface area contributed by atoms with Crippen molar-refractivity contribution >= 4 is 23.4 Å². The van der Waals surface area contributed by atoms with Gasteiger partial charge in [-0.3, -0.25) is 4.79 Å². The minimum absolute atomic E-state index is 0.190. The van der Waals surface area contributed by atoms with E-state index in [4.69, 9.17) is 0 Å². The third-order valence-corrected chi connectivity index (χ3v) is 4.00. The fourth-order valence-corrected chi connectivity index (χ4v) is 2.63. The topological polar surface area (TPSA) is 29.1 Å². The summed E-state index contributed by atoms with van der Waals surface area (Å²) in [6, 6.07) is 12.1. The van der Waals surface area contributed by atoms with E-state index in [1.165, 1.54) is 30.3 Å². The van der Waals surface area contributed by atoms with Crippen molar-refractivity contribution in [3.05, 3.63) is 59.9 Å². The van der Waals surface area contributed by atoms with Crippen molar-refractivity contribution in [3.8, 4) is 0 Å². The molecule has 0 heterocycles. The Hall–Kier alpha value is -2.02. The van der Waals surface area contributed by atoms with Gasteiger partial charge in [0, 0.05) is 4.90 Å². The van der Waals surface area contributed by atoms with Crippen molar-refractivity contribution in [2.75, 3.05) is 11.1 Å². The summed E-state index contributed by atoms with van der Waals surface area (Å²) in [6.45, 7) is 0. The van der Waals surface area contributed by atoms with Crippen molar-refractivity contribution in [1.82, 2.24) is 0 Å². The Morgan fingerprint density at radius 2 is 1.70 bits per heavy atom. The molecule has 0 aliphatic rings. The first-order chi connectivity index (χ1) is 10.8. The van der Waals surface area contributed by atoms with Gasteiger partial charge in [-0.1, -0.05) is 30.3 Å². The maximum absolute atomic E-state index is 13.5. The molecule has 0 saturated carbocycles. The molecule has 0 aromatic heterocycles. The Bertz CT molecular complexity index is 688. The fraction of sp³-hybridized carbons (Fsp3) is 0.188. The second-order valence-corrected chi connectivity index (χ2v) is 5.73. The van der Waals surface area contributed by atoms with Gasteiger partial charge in [-0.25, -0.2) is 4.39 Å². The molecule has 1 amide bonds. The van der Waals surface area contributed by atoms with Gasteiger partial charge < -0.3 is 5.32 Å². The van der Waals surface area contributed by atoms with Crippen LogP contribution in [0.3, 0.4) is 0 Å². The summed E-state index contributed by atoms with van der Waals surface area (Å²) in [6.07, 6.45) is -4.49. The molecule has 0 spiro atoms. The summed E-state index contributed by atoms with van der Waals surface area (Å²) < 4.78 is 50.5. The number of amides is 1. The monoisotopic (exact) mass is 343 g/mol. The Morgan fingerprint density at radius 1 is 1.04 bits per heavy atom. The number of anilines is 1. The summed E-state index contributed by atoms with van der Waals surface area (Å²) in [7, 11) is 0. The lowest BCUT2D eigenvalue weighted by Gasteiger charge is -2.12. The lowest BCUT2D eigenvalue weighted by molar-refractivity contribution is -0.115. The first-order valence-corrected chi connectivity index (χ1v) is 7.65. The van der Waals surface area contributed by atoms with E-state index in [1.54, 1.807) is 18.2 Å². The molecule has 1 N–H and O–H groups in total. The average Bonchev–Trinajstić information content (AvgIpc) is 2.48. The van der Waals surface area contributed by atoms with Crippen LogP contribution in [0.25, 0.3) is 0 Å². The van der Waals surface area contributed by atoms with E-state index in [0.29, 0.717) is 16.7 Å². The molecule has 0 aliphatic carbocycles. The average molecular weight is 343 g/mol. The molecule has 0 atom stereocenters. The van der Waals surface area contributed by atoms with Crippen molar-refractivity contribution in [2.45, 2.75) is 17.5 Å². The molecular weight excluding hydrogens is 330 g/mol. The Kier molecular flexibility index (Phi) is 5.65. The number of rotatable bonds is 5. The summed E-state index contributed by atoms with van der Waals surface area (Å²) in [5.41, 5.74) is 0.508. The summed E-state index contributed by atoms with van der Waals surface area (Å²) in [5.74, 6) is -2.04. The van der Waals surface area contributed by atoms with Crippen molar-refractivity contribution in [3.63, 3.8) is 0 Å². The number of hydrogen-bond acceptors (Lipinski definition) is 2. The van der Waals surface area contributed by atoms with E-state index in [0.717, 1.165) is 0 Å². The summed E-state index contributed by atoms with van der Waals surface area (Å²) in [5, 5.41) is 2.53. The zero-order valence-corrected chi connectivity index (χ0v) is 12.7. The zero-order chi connectivity index (χ0) is 16.9. The maximum Gasteiger partial charge on any atom is 0.398 e. The van der Waals surface area contributed by atoms with Gasteiger partial charge in [0.2, 0.25) is 5.91 Å². The molecule has 23 heavy (non-hydrogen) atoms. The van der Waals surface area contributed by atoms with E-state index in [9.17, 15) is 22.4 Å². The van der Waals surface area contributed by atoms with Gasteiger partial charge in [-0.2, -0.15) is 13.2 Å². The van der Waals surface area contributed by atoms with Crippen LogP contribution in [0, 0.1) is 5.82 Å². The van der Waals surface area contributed by atoms with Gasteiger partial charge >= 0.3 is 6.18 Å². The molecule has 0 aliphatic heterocycles. The minimum Gasteiger partial charge on any atom is -0.325 e. The second-order valence-electron chi connectivity index (χ2n) is 4.72. The smallest absolute Gasteiger partial charge is 0.325 e. The van der Waals surface area contributed by atoms with Crippen molar-refractivity contribution in [1.29, 1.82) is 0 Å². The highest BCUT2D eigenvalue weighted by molar-refractivity contribution is 7.99. The number of carbonyl (C=O) groups excluding carboxylic acids is 1. The normalized spacial score (nSPS) is 11.3. The first kappa shape index (κ1) is 17.3. The van der Waals surface area contributed by atoms with E-state index in [2.05, 4.69) is 5.32 Å². The molecule has 2 nitrogen and oxygen atoms in total. The van der Waals surface area contributed by atoms with E-state index in [-0.39, 0.29) is 17.7 Å². The maximum atomic E-state index is 13.5. The SMILES string of the molecule is O=C(Cc1ccccc1F)Nc1ccccc1SCC(F)(F)F. The highest BCUT2D eigenvalue weighted by Crippen LogP contribution is 2.32. The molecule has 0 saturated heterocycles. The minimum atomic E-state index is -4.30. The number of carbonyl (C=O) groups is 1. The molecule has 2 rings (SSSR count). The largest absolute Gasteiger partial charge is 0.398 e. The van der Waals surface area contributed by atoms with Crippen LogP contribution in [-0.2, 0) is 11.2 Å². The first-order valence-electron chi connectivity index (χ1n) is 6.67. The van der Waals surface area contributed by atoms with Crippen molar-refractivity contribution in [2.24, 2.45) is 0 Å². The van der Waals surface area contributed by atoms with Crippen LogP contribution < -0.4 is 5.32 Å². The van der Waals surface area contributed by atoms with Gasteiger partial charge in [0.05, 0.1) is 17.9 Å². The molecule has 0 radical (unpaired) electrons. The third kappa shape index (κ3) is 5.59. The van der Waals surface area contributed by atoms with Crippen LogP contribution in [0.2, 0.25) is 0 Å². The van der Waals surface area contributed by atoms with Gasteiger partial charge in [-0.05, 0) is 23.8 Å². The molecule has 7 heteroatoms. The number of halogens is 4. The van der Waals surface area contributed by atoms with Crippen LogP contribution in [0.4, 0.5) is 23.2 Å². The predicted molar refractivity (Wildman–Crippen MR) is 82.0 cm³/mol. The molecular formula is C16H13F4NOS. The van der Waals surface area contributed by atoms with Crippen LogP contribution in [0.15, 0.2) is 53.4 Å². The number of para-hydroxylation sites is 1. The number of thioether (sulfide) groups is 1. The Balaban J connectivity index is 2.05. The standard InChI is InChI=1S/C16H13F4NOS/c17-12-6-2-1-5-11(12)9-15(22)21-13-7-3-4-8-14(13)23-10-16(18,19)20/h1-8H,9-10H2,(H,21,22). The molecule has 0 unspecified atom stereocenters. The lowest BCUT2D eigenvalue weighted by Crippen LogP contribution is -2.16. The highest BCUT2D eigenvalue weighted by atomic mass is 32.2. The highest BCUT2D eigenvalue weighted by Gasteiger charge is 2.27.